The summed E-state index contributed by atoms with van der Waals surface area (Å²) in [6.07, 6.45) is 5.41. The molecule has 1 atom stereocenters. The molecule has 0 bridgehead atoms. The zero-order chi connectivity index (χ0) is 32.0. The molecule has 47 heavy (non-hydrogen) atoms. The minimum absolute atomic E-state index is 0. The van der Waals surface area contributed by atoms with Crippen LogP contribution in [0.4, 0.5) is 11.5 Å². The minimum atomic E-state index is -0.867. The first-order valence-electron chi connectivity index (χ1n) is 16.0. The third kappa shape index (κ3) is 7.95. The zero-order valence-corrected chi connectivity index (χ0v) is 27.5. The summed E-state index contributed by atoms with van der Waals surface area (Å²) in [6, 6.07) is 18.7. The van der Waals surface area contributed by atoms with E-state index < -0.39 is 11.9 Å². The number of amides is 2. The summed E-state index contributed by atoms with van der Waals surface area (Å²) in [7, 11) is 2.14. The van der Waals surface area contributed by atoms with Gasteiger partial charge in [-0.15, -0.1) is 17.5 Å². The summed E-state index contributed by atoms with van der Waals surface area (Å²) in [6.45, 7) is 4.55. The Morgan fingerprint density at radius 2 is 1.62 bits per heavy atom. The Bertz CT molecular complexity index is 1600. The van der Waals surface area contributed by atoms with Crippen LogP contribution < -0.4 is 21.3 Å². The van der Waals surface area contributed by atoms with Crippen molar-refractivity contribution in [1.82, 2.24) is 30.5 Å². The zero-order valence-electron chi connectivity index (χ0n) is 26.7. The molecule has 0 unspecified atom stereocenters. The van der Waals surface area contributed by atoms with E-state index in [0.717, 1.165) is 79.9 Å². The van der Waals surface area contributed by atoms with Gasteiger partial charge in [0.05, 0.1) is 0 Å². The van der Waals surface area contributed by atoms with E-state index in [1.807, 2.05) is 48.7 Å². The second kappa shape index (κ2) is 15.5. The van der Waals surface area contributed by atoms with Gasteiger partial charge >= 0.3 is 0 Å². The van der Waals surface area contributed by atoms with Gasteiger partial charge in [0.2, 0.25) is 11.8 Å². The Balaban J connectivity index is 0.00000433. The number of piperazine rings is 1. The molecule has 13 heteroatoms. The predicted octanol–water partition coefficient (Wildman–Crippen LogP) is 3.30. The van der Waals surface area contributed by atoms with Gasteiger partial charge in [-0.3, -0.25) is 14.5 Å². The molecule has 1 saturated carbocycles. The third-order valence-corrected chi connectivity index (χ3v) is 9.46. The van der Waals surface area contributed by atoms with E-state index in [9.17, 15) is 9.59 Å². The summed E-state index contributed by atoms with van der Waals surface area (Å²) < 4.78 is 0. The first-order valence-corrected chi connectivity index (χ1v) is 16.0. The van der Waals surface area contributed by atoms with Crippen molar-refractivity contribution in [3.63, 3.8) is 0 Å². The quantitative estimate of drug-likeness (QED) is 0.232. The molecule has 0 spiro atoms. The van der Waals surface area contributed by atoms with Crippen LogP contribution in [0.1, 0.15) is 31.2 Å². The number of likely N-dealkylation sites (N-methyl/N-ethyl adjacent to an activating group) is 1. The molecule has 0 radical (unpaired) electrons. The molecule has 248 valence electrons. The average Bonchev–Trinajstić information content (AvgIpc) is 3.64. The number of rotatable bonds is 10. The molecule has 6 rings (SSSR count). The lowest BCUT2D eigenvalue weighted by Gasteiger charge is -2.35. The van der Waals surface area contributed by atoms with Crippen molar-refractivity contribution < 1.29 is 9.59 Å². The molecule has 2 aromatic carbocycles. The van der Waals surface area contributed by atoms with E-state index in [1.54, 1.807) is 4.90 Å². The molecule has 3 heterocycles. The van der Waals surface area contributed by atoms with Gasteiger partial charge in [0.15, 0.2) is 5.82 Å². The number of nitrogens with two attached hydrogens (primary N) is 2. The summed E-state index contributed by atoms with van der Waals surface area (Å²) in [4.78, 5) is 38.2. The van der Waals surface area contributed by atoms with Crippen molar-refractivity contribution in [2.24, 2.45) is 23.3 Å². The largest absolute Gasteiger partial charge is 0.368 e. The number of halogens is 1. The van der Waals surface area contributed by atoms with E-state index in [1.165, 1.54) is 0 Å². The second-order valence-corrected chi connectivity index (χ2v) is 12.5. The number of benzene rings is 2. The Morgan fingerprint density at radius 1 is 0.936 bits per heavy atom. The van der Waals surface area contributed by atoms with Crippen LogP contribution in [0.5, 0.6) is 0 Å². The number of aromatic amines is 1. The maximum atomic E-state index is 14.2. The van der Waals surface area contributed by atoms with Crippen molar-refractivity contribution in [2.45, 2.75) is 38.1 Å². The van der Waals surface area contributed by atoms with Crippen LogP contribution in [0.3, 0.4) is 0 Å². The van der Waals surface area contributed by atoms with E-state index in [4.69, 9.17) is 11.5 Å². The summed E-state index contributed by atoms with van der Waals surface area (Å²) in [5, 5.41) is 14.0. The van der Waals surface area contributed by atoms with E-state index in [-0.39, 0.29) is 30.7 Å². The Labute approximate surface area is 281 Å². The van der Waals surface area contributed by atoms with E-state index >= 15 is 0 Å². The molecule has 1 saturated heterocycles. The fourth-order valence-electron chi connectivity index (χ4n) is 6.55. The van der Waals surface area contributed by atoms with Crippen molar-refractivity contribution in [3.05, 3.63) is 72.4 Å². The number of primary amides is 1. The standard InChI is InChI=1S/C34H42N10O2.ClH/c1-42-16-18-43(19-17-42)31-21-28(14-15-37-31)25-6-2-23(3-7-25)20-30(32(36)45)44(34(46)27-8-4-24(22-35)5-9-27)29-12-10-26(11-13-29)33-38-40-41-39-33;/h2-3,6-7,10-15,21,24,27,30H,4-5,8-9,16-20,22,35H2,1H3,(H2,36,45)(H,38,39,40,41);1H/t24-,27-,30-;/m0./s1. The smallest absolute Gasteiger partial charge is 0.240 e. The number of anilines is 2. The van der Waals surface area contributed by atoms with Crippen LogP contribution in [-0.2, 0) is 16.0 Å². The number of hydrogen-bond acceptors (Lipinski definition) is 9. The SMILES string of the molecule is CN1CCN(c2cc(-c3ccc(C[C@@H](C(N)=O)N(c4ccc(-c5nnn[nH]5)cc4)C(=O)[C@H]4CC[C@H](CN)CC4)cc3)ccn2)CC1.Cl. The van der Waals surface area contributed by atoms with Crippen molar-refractivity contribution >= 4 is 35.7 Å². The minimum Gasteiger partial charge on any atom is -0.368 e. The lowest BCUT2D eigenvalue weighted by molar-refractivity contribution is -0.127. The topological polar surface area (TPSA) is 163 Å². The molecule has 2 aliphatic rings. The van der Waals surface area contributed by atoms with Gasteiger partial charge in [0.25, 0.3) is 0 Å². The maximum Gasteiger partial charge on any atom is 0.240 e. The number of nitrogens with zero attached hydrogens (tertiary/aromatic N) is 7. The molecule has 1 aliphatic heterocycles. The number of tetrazole rings is 1. The number of H-pyrrole nitrogens is 1. The Morgan fingerprint density at radius 3 is 2.23 bits per heavy atom. The number of pyridine rings is 1. The molecule has 2 aromatic heterocycles. The molecule has 4 aromatic rings. The summed E-state index contributed by atoms with van der Waals surface area (Å²) in [5.41, 5.74) is 16.4. The van der Waals surface area contributed by atoms with Gasteiger partial charge in [-0.1, -0.05) is 24.3 Å². The normalized spacial score (nSPS) is 19.1. The van der Waals surface area contributed by atoms with E-state index in [0.29, 0.717) is 24.0 Å². The third-order valence-electron chi connectivity index (χ3n) is 9.46. The van der Waals surface area contributed by atoms with Crippen LogP contribution in [0.2, 0.25) is 0 Å². The van der Waals surface area contributed by atoms with Crippen LogP contribution in [-0.4, -0.2) is 88.1 Å². The lowest BCUT2D eigenvalue weighted by atomic mass is 9.81. The summed E-state index contributed by atoms with van der Waals surface area (Å²) >= 11 is 0. The molecular weight excluding hydrogens is 616 g/mol. The van der Waals surface area contributed by atoms with Gasteiger partial charge in [0.1, 0.15) is 11.9 Å². The Kier molecular flexibility index (Phi) is 11.2. The first-order chi connectivity index (χ1) is 22.4. The van der Waals surface area contributed by atoms with Crippen LogP contribution in [0.25, 0.3) is 22.5 Å². The summed E-state index contributed by atoms with van der Waals surface area (Å²) in [5.74, 6) is 1.08. The van der Waals surface area contributed by atoms with Crippen molar-refractivity contribution in [2.75, 3.05) is 49.6 Å². The van der Waals surface area contributed by atoms with Gasteiger partial charge in [-0.25, -0.2) is 10.1 Å². The highest BCUT2D eigenvalue weighted by Crippen LogP contribution is 2.33. The average molecular weight is 659 g/mol. The van der Waals surface area contributed by atoms with Gasteiger partial charge in [-0.05, 0) is 109 Å². The first kappa shape index (κ1) is 34.0. The molecular formula is C34H43ClN10O2. The number of aromatic nitrogens is 5. The Hall–Kier alpha value is -4.39. The van der Waals surface area contributed by atoms with Crippen LogP contribution in [0.15, 0.2) is 66.9 Å². The fraction of sp³-hybridized carbons (Fsp3) is 0.412. The molecule has 2 amide bonds. The number of nitrogens with one attached hydrogen (secondary N) is 1. The highest BCUT2D eigenvalue weighted by Gasteiger charge is 2.36. The molecule has 5 N–H and O–H groups in total. The van der Waals surface area contributed by atoms with Gasteiger partial charge < -0.3 is 21.3 Å². The monoisotopic (exact) mass is 658 g/mol. The maximum absolute atomic E-state index is 14.2. The number of carbonyl (C=O) groups excluding carboxylic acids is 2. The highest BCUT2D eigenvalue weighted by molar-refractivity contribution is 6.01. The molecule has 12 nitrogen and oxygen atoms in total. The second-order valence-electron chi connectivity index (χ2n) is 12.5. The number of hydrogen-bond donors (Lipinski definition) is 3. The fourth-order valence-corrected chi connectivity index (χ4v) is 6.55. The molecule has 1 aliphatic carbocycles. The van der Waals surface area contributed by atoms with Crippen LogP contribution >= 0.6 is 12.4 Å². The molecule has 2 fully saturated rings. The lowest BCUT2D eigenvalue weighted by Crippen LogP contribution is -2.52. The van der Waals surface area contributed by atoms with Crippen molar-refractivity contribution in [3.8, 4) is 22.5 Å². The van der Waals surface area contributed by atoms with Crippen molar-refractivity contribution in [1.29, 1.82) is 0 Å². The predicted molar refractivity (Wildman–Crippen MR) is 185 cm³/mol. The van der Waals surface area contributed by atoms with Crippen LogP contribution in [0, 0.1) is 11.8 Å². The van der Waals surface area contributed by atoms with Gasteiger partial charge in [-0.2, -0.15) is 0 Å². The number of carbonyl (C=O) groups is 2. The highest BCUT2D eigenvalue weighted by atomic mass is 35.5. The van der Waals surface area contributed by atoms with Gasteiger partial charge in [0, 0.05) is 56.0 Å². The van der Waals surface area contributed by atoms with E-state index in [2.05, 4.69) is 60.7 Å².